The van der Waals surface area contributed by atoms with Crippen molar-refractivity contribution in [1.82, 2.24) is 29.6 Å². The van der Waals surface area contributed by atoms with Gasteiger partial charge >= 0.3 is 71.1 Å². The van der Waals surface area contributed by atoms with Gasteiger partial charge in [0.25, 0.3) is 0 Å². The van der Waals surface area contributed by atoms with Crippen LogP contribution in [0, 0.1) is 20.9 Å². The fourth-order valence-electron chi connectivity index (χ4n) is 7.41. The van der Waals surface area contributed by atoms with E-state index in [0.29, 0.717) is 57.9 Å². The van der Waals surface area contributed by atoms with Gasteiger partial charge in [-0.25, -0.2) is 18.4 Å². The van der Waals surface area contributed by atoms with Gasteiger partial charge in [0.05, 0.1) is 22.8 Å². The van der Waals surface area contributed by atoms with Crippen molar-refractivity contribution < 1.29 is 92.2 Å². The third kappa shape index (κ3) is 21.0. The molecule has 4 aliphatic rings. The number of nitrogens with zero attached hydrogens (tertiary/aromatic N) is 8. The van der Waals surface area contributed by atoms with Gasteiger partial charge in [-0.1, -0.05) is 6.92 Å². The van der Waals surface area contributed by atoms with Crippen LogP contribution in [0.15, 0.2) is 29.0 Å². The molecule has 6 rings (SSSR count). The standard InChI is InChI=1S/C22H35FN4O2.C11H14BrFN2.C11H21N2O2.BF3.K/c1-16-14-27(21(28)29-22(3,4)5)11-10-26(16)15-18-12-20(17(2)24-13-18)25-8-6-19(23)7-9-25;1-8-11(6-9(12)7-14-8)15-4-2-10(13)3-5-15;1-9-8-13(7-6-12(9)5)10(14)15-11(2,3)4;2-1(3)4;/h12-13,16,19H,6-11,14-15H2,1-5H3;6-7,10H,2-5H2,1H3;9H,5-8H2,1-4H3;;/q;;-1;;+1/t16-;;9-;;/m0.0../s1. The van der Waals surface area contributed by atoms with Crippen LogP contribution in [0.4, 0.5) is 42.7 Å². The first-order valence-electron chi connectivity index (χ1n) is 21.9. The maximum absolute atomic E-state index is 13.5. The number of carbonyl (C=O) groups excluding carboxylic acids is 2. The normalized spacial score (nSPS) is 20.3. The molecule has 64 heavy (non-hydrogen) atoms. The number of rotatable bonds is 4. The maximum Gasteiger partial charge on any atom is 1.00 e. The van der Waals surface area contributed by atoms with Gasteiger partial charge in [0.2, 0.25) is 0 Å². The van der Waals surface area contributed by atoms with Gasteiger partial charge in [-0.2, -0.15) is 0 Å². The smallest absolute Gasteiger partial charge is 0.454 e. The molecular formula is C44H70BBrF5KN8O4. The fourth-order valence-corrected chi connectivity index (χ4v) is 7.73. The summed E-state index contributed by atoms with van der Waals surface area (Å²) in [6.45, 7) is 27.7. The largest absolute Gasteiger partial charge is 1.00 e. The van der Waals surface area contributed by atoms with Gasteiger partial charge < -0.3 is 34.0 Å². The molecule has 2 aromatic heterocycles. The number of piperazine rings is 2. The maximum atomic E-state index is 13.5. The van der Waals surface area contributed by atoms with Crippen LogP contribution in [-0.2, 0) is 16.0 Å². The summed E-state index contributed by atoms with van der Waals surface area (Å²) in [6.07, 6.45) is 4.42. The molecule has 20 heteroatoms. The van der Waals surface area contributed by atoms with Crippen LogP contribution in [0.1, 0.15) is 98.0 Å². The number of aromatic nitrogens is 2. The first kappa shape index (κ1) is 58.3. The van der Waals surface area contributed by atoms with Crippen LogP contribution in [0.2, 0.25) is 0 Å². The Kier molecular flexibility index (Phi) is 24.8. The number of alkyl halides is 2. The second kappa shape index (κ2) is 27.3. The molecule has 2 atom stereocenters. The number of carbonyl (C=O) groups is 2. The molecule has 0 radical (unpaired) electrons. The van der Waals surface area contributed by atoms with Crippen molar-refractivity contribution in [3.05, 3.63) is 53.0 Å². The van der Waals surface area contributed by atoms with Crippen LogP contribution >= 0.6 is 15.9 Å². The van der Waals surface area contributed by atoms with Crippen LogP contribution in [0.5, 0.6) is 0 Å². The van der Waals surface area contributed by atoms with Crippen LogP contribution in [0.3, 0.4) is 0 Å². The minimum absolute atomic E-state index is 0. The third-order valence-electron chi connectivity index (χ3n) is 10.9. The molecule has 4 aliphatic heterocycles. The van der Waals surface area contributed by atoms with Crippen LogP contribution < -0.4 is 61.2 Å². The zero-order valence-electron chi connectivity index (χ0n) is 40.0. The Labute approximate surface area is 430 Å². The van der Waals surface area contributed by atoms with Crippen molar-refractivity contribution in [3.8, 4) is 0 Å². The van der Waals surface area contributed by atoms with E-state index in [1.165, 1.54) is 0 Å². The minimum Gasteiger partial charge on any atom is -0.454 e. The summed E-state index contributed by atoms with van der Waals surface area (Å²) in [6, 6.07) is 4.80. The van der Waals surface area contributed by atoms with E-state index in [2.05, 4.69) is 73.6 Å². The zero-order valence-corrected chi connectivity index (χ0v) is 44.7. The predicted molar refractivity (Wildman–Crippen MR) is 244 cm³/mol. The summed E-state index contributed by atoms with van der Waals surface area (Å²) in [5.74, 6) is 0. The van der Waals surface area contributed by atoms with Crippen molar-refractivity contribution >= 4 is 47.0 Å². The molecule has 0 saturated carbocycles. The van der Waals surface area contributed by atoms with Gasteiger partial charge in [0.1, 0.15) is 23.5 Å². The molecule has 2 aromatic rings. The number of hydrogen-bond acceptors (Lipinski definition) is 10. The van der Waals surface area contributed by atoms with Crippen LogP contribution in [-0.4, -0.2) is 150 Å². The Morgan fingerprint density at radius 2 is 1.12 bits per heavy atom. The second-order valence-corrected chi connectivity index (χ2v) is 19.5. The molecule has 0 unspecified atom stereocenters. The SMILES string of the molecule is Cc1ncc(Br)cc1N1CCC(F)CC1.Cc1ncc(CN2CCN(C(=O)OC(C)(C)C)C[C@@H]2C)cc1N1CCC(F)CC1.FB(F)F.[CH2-]N1CCN(C(=O)OC(C)(C)C)C[C@@H]1C.[K+]. The molecule has 4 saturated heterocycles. The van der Waals surface area contributed by atoms with Crippen molar-refractivity contribution in [1.29, 1.82) is 0 Å². The minimum atomic E-state index is -3.67. The van der Waals surface area contributed by atoms with Crippen molar-refractivity contribution in [3.63, 3.8) is 0 Å². The number of anilines is 2. The van der Waals surface area contributed by atoms with Gasteiger partial charge in [0.15, 0.2) is 0 Å². The number of pyridine rings is 2. The number of ether oxygens (including phenoxy) is 2. The Morgan fingerprint density at radius 1 is 0.719 bits per heavy atom. The summed E-state index contributed by atoms with van der Waals surface area (Å²) >= 11 is 3.41. The molecule has 12 nitrogen and oxygen atoms in total. The van der Waals surface area contributed by atoms with Crippen molar-refractivity contribution in [2.75, 3.05) is 75.2 Å². The average Bonchev–Trinajstić information content (AvgIpc) is 3.18. The third-order valence-corrected chi connectivity index (χ3v) is 11.3. The molecule has 6 heterocycles. The van der Waals surface area contributed by atoms with E-state index < -0.39 is 31.1 Å². The number of aryl methyl sites for hydroxylation is 2. The molecule has 4 fully saturated rings. The summed E-state index contributed by atoms with van der Waals surface area (Å²) in [4.78, 5) is 45.4. The number of piperidine rings is 2. The molecule has 0 spiro atoms. The first-order chi connectivity index (χ1) is 29.3. The van der Waals surface area contributed by atoms with Gasteiger partial charge in [-0.05, 0) is 134 Å². The summed E-state index contributed by atoms with van der Waals surface area (Å²) in [5, 5.41) is 0. The Bertz CT molecular complexity index is 1730. The van der Waals surface area contributed by atoms with Gasteiger partial charge in [0, 0.05) is 88.4 Å². The van der Waals surface area contributed by atoms with E-state index in [1.807, 2.05) is 66.5 Å². The quantitative estimate of drug-likeness (QED) is 0.193. The zero-order chi connectivity index (χ0) is 47.2. The topological polar surface area (TPSA) is 97.8 Å². The van der Waals surface area contributed by atoms with Crippen molar-refractivity contribution in [2.45, 2.75) is 137 Å². The van der Waals surface area contributed by atoms with E-state index in [0.717, 1.165) is 78.6 Å². The first-order valence-corrected chi connectivity index (χ1v) is 22.7. The fraction of sp³-hybridized carbons (Fsp3) is 0.705. The molecule has 0 bridgehead atoms. The molecule has 0 N–H and O–H groups in total. The van der Waals surface area contributed by atoms with E-state index in [4.69, 9.17) is 9.47 Å². The summed E-state index contributed by atoms with van der Waals surface area (Å²) in [5.41, 5.74) is 4.51. The van der Waals surface area contributed by atoms with E-state index in [-0.39, 0.29) is 69.6 Å². The average molecular weight is 1000 g/mol. The van der Waals surface area contributed by atoms with E-state index >= 15 is 0 Å². The Morgan fingerprint density at radius 3 is 1.55 bits per heavy atom. The van der Waals surface area contributed by atoms with E-state index in [1.54, 1.807) is 16.0 Å². The predicted octanol–water partition coefficient (Wildman–Crippen LogP) is 6.46. The molecule has 0 aliphatic carbocycles. The van der Waals surface area contributed by atoms with Crippen LogP contribution in [0.25, 0.3) is 0 Å². The summed E-state index contributed by atoms with van der Waals surface area (Å²) < 4.78 is 67.3. The number of amides is 2. The Balaban J connectivity index is 0.000000340. The number of hydrogen-bond donors (Lipinski definition) is 0. The Hall–Kier alpha value is -1.81. The second-order valence-electron chi connectivity index (χ2n) is 18.6. The molecule has 356 valence electrons. The molecule has 0 aromatic carbocycles. The monoisotopic (exact) mass is 998 g/mol. The van der Waals surface area contributed by atoms with Gasteiger partial charge in [-0.3, -0.25) is 34.9 Å². The van der Waals surface area contributed by atoms with Gasteiger partial charge in [-0.15, -0.1) is 0 Å². The van der Waals surface area contributed by atoms with E-state index in [9.17, 15) is 31.3 Å². The molecular weight excluding hydrogens is 929 g/mol. The van der Waals surface area contributed by atoms with Crippen molar-refractivity contribution in [2.24, 2.45) is 0 Å². The molecule has 2 amide bonds. The summed E-state index contributed by atoms with van der Waals surface area (Å²) in [7, 11) is 0.235. The number of halogens is 6.